The van der Waals surface area contributed by atoms with E-state index in [0.29, 0.717) is 17.6 Å². The van der Waals surface area contributed by atoms with Crippen LogP contribution in [0.2, 0.25) is 0 Å². The average molecular weight is 1080 g/mol. The van der Waals surface area contributed by atoms with Crippen LogP contribution < -0.4 is 0 Å². The number of fused-ring (bicyclic) bond motifs is 13. The second-order valence-electron chi connectivity index (χ2n) is 22.3. The summed E-state index contributed by atoms with van der Waals surface area (Å²) in [7, 11) is 0. The van der Waals surface area contributed by atoms with Crippen LogP contribution in [-0.2, 0) is 0 Å². The van der Waals surface area contributed by atoms with Crippen molar-refractivity contribution in [1.29, 1.82) is 0 Å². The molecule has 0 amide bonds. The maximum Gasteiger partial charge on any atom is 0.238 e. The third kappa shape index (κ3) is 7.29. The Labute approximate surface area is 488 Å². The SMILES string of the molecule is c1ccc(-c2ccc3c(c2)c2ccccc2n3-c2ccc3c(c2)c2cc(-n4c5ccccc5c5cc(-c6ccccc6)ccc54)ccc2n3-c2nc(-c3c4ccccc4cc4ccccc34)nc(-c3c4ccccc4cc4ccccc34)n2)cc1. The minimum absolute atomic E-state index is 0.533. The topological polar surface area (TPSA) is 53.5 Å². The van der Waals surface area contributed by atoms with Crippen LogP contribution in [0.4, 0.5) is 0 Å². The van der Waals surface area contributed by atoms with Crippen LogP contribution in [-0.4, -0.2) is 28.7 Å². The molecule has 0 bridgehead atoms. The maximum absolute atomic E-state index is 5.74. The fourth-order valence-corrected chi connectivity index (χ4v) is 13.8. The third-order valence-corrected chi connectivity index (χ3v) is 17.6. The molecule has 14 aromatic carbocycles. The van der Waals surface area contributed by atoms with Gasteiger partial charge in [0.25, 0.3) is 0 Å². The van der Waals surface area contributed by atoms with E-state index in [2.05, 4.69) is 305 Å². The molecule has 18 rings (SSSR count). The lowest BCUT2D eigenvalue weighted by molar-refractivity contribution is 0.956. The summed E-state index contributed by atoms with van der Waals surface area (Å²) in [5.41, 5.74) is 15.3. The van der Waals surface area contributed by atoms with Gasteiger partial charge < -0.3 is 9.13 Å². The number of rotatable bonds is 7. The van der Waals surface area contributed by atoms with Crippen molar-refractivity contribution in [3.8, 4) is 62.4 Å². The van der Waals surface area contributed by atoms with Crippen LogP contribution in [0.25, 0.3) is 171 Å². The van der Waals surface area contributed by atoms with E-state index in [1.807, 2.05) is 0 Å². The summed E-state index contributed by atoms with van der Waals surface area (Å²) in [6, 6.07) is 106. The van der Waals surface area contributed by atoms with Crippen LogP contribution in [0.1, 0.15) is 0 Å². The number of hydrogen-bond donors (Lipinski definition) is 0. The van der Waals surface area contributed by atoms with Gasteiger partial charge in [-0.2, -0.15) is 9.97 Å². The molecule has 18 aromatic rings. The van der Waals surface area contributed by atoms with Gasteiger partial charge >= 0.3 is 0 Å². The number of nitrogens with zero attached hydrogens (tertiary/aromatic N) is 6. The van der Waals surface area contributed by atoms with E-state index < -0.39 is 0 Å². The van der Waals surface area contributed by atoms with E-state index >= 15 is 0 Å². The molecule has 394 valence electrons. The summed E-state index contributed by atoms with van der Waals surface area (Å²) in [4.78, 5) is 17.1. The van der Waals surface area contributed by atoms with Gasteiger partial charge in [-0.05, 0) is 150 Å². The summed E-state index contributed by atoms with van der Waals surface area (Å²) in [6.45, 7) is 0. The molecular formula is C79H48N6. The summed E-state index contributed by atoms with van der Waals surface area (Å²) >= 11 is 0. The van der Waals surface area contributed by atoms with Crippen molar-refractivity contribution in [2.45, 2.75) is 0 Å². The first-order valence-corrected chi connectivity index (χ1v) is 29.0. The van der Waals surface area contributed by atoms with Gasteiger partial charge in [0.05, 0.1) is 33.1 Å². The average Bonchev–Trinajstić information content (AvgIpc) is 4.27. The smallest absolute Gasteiger partial charge is 0.238 e. The van der Waals surface area contributed by atoms with E-state index in [1.165, 1.54) is 43.8 Å². The van der Waals surface area contributed by atoms with Crippen molar-refractivity contribution < 1.29 is 0 Å². The summed E-state index contributed by atoms with van der Waals surface area (Å²) in [5.74, 6) is 1.74. The Morgan fingerprint density at radius 3 is 0.929 bits per heavy atom. The molecular weight excluding hydrogens is 1030 g/mol. The molecule has 6 nitrogen and oxygen atoms in total. The van der Waals surface area contributed by atoms with Crippen molar-refractivity contribution in [3.05, 3.63) is 291 Å². The normalized spacial score (nSPS) is 12.0. The molecule has 0 unspecified atom stereocenters. The van der Waals surface area contributed by atoms with Gasteiger partial charge in [-0.1, -0.05) is 206 Å². The molecule has 85 heavy (non-hydrogen) atoms. The van der Waals surface area contributed by atoms with Crippen molar-refractivity contribution in [3.63, 3.8) is 0 Å². The molecule has 4 aromatic heterocycles. The molecule has 6 heteroatoms. The lowest BCUT2D eigenvalue weighted by Gasteiger charge is -2.16. The molecule has 0 aliphatic heterocycles. The van der Waals surface area contributed by atoms with Gasteiger partial charge in [-0.15, -0.1) is 0 Å². The fraction of sp³-hybridized carbons (Fsp3) is 0. The number of aromatic nitrogens is 6. The number of para-hydroxylation sites is 2. The minimum Gasteiger partial charge on any atom is -0.309 e. The van der Waals surface area contributed by atoms with Crippen molar-refractivity contribution in [2.75, 3.05) is 0 Å². The highest BCUT2D eigenvalue weighted by molar-refractivity contribution is 6.17. The zero-order chi connectivity index (χ0) is 55.7. The molecule has 0 spiro atoms. The van der Waals surface area contributed by atoms with Gasteiger partial charge in [0, 0.05) is 54.8 Å². The van der Waals surface area contributed by atoms with Gasteiger partial charge in [0.15, 0.2) is 11.6 Å². The second kappa shape index (κ2) is 18.5. The first-order valence-electron chi connectivity index (χ1n) is 29.0. The monoisotopic (exact) mass is 1080 g/mol. The highest BCUT2D eigenvalue weighted by atomic mass is 15.2. The van der Waals surface area contributed by atoms with Crippen LogP contribution in [0.3, 0.4) is 0 Å². The number of benzene rings is 14. The van der Waals surface area contributed by atoms with E-state index in [1.54, 1.807) is 0 Å². The quantitative estimate of drug-likeness (QED) is 0.149. The molecule has 0 saturated carbocycles. The Morgan fingerprint density at radius 1 is 0.200 bits per heavy atom. The molecule has 0 saturated heterocycles. The highest BCUT2D eigenvalue weighted by Gasteiger charge is 2.25. The summed E-state index contributed by atoms with van der Waals surface area (Å²) in [5, 5.41) is 15.7. The van der Waals surface area contributed by atoms with Crippen LogP contribution >= 0.6 is 0 Å². The molecule has 0 N–H and O–H groups in total. The Kier molecular flexibility index (Phi) is 10.3. The zero-order valence-electron chi connectivity index (χ0n) is 45.9. The van der Waals surface area contributed by atoms with Crippen LogP contribution in [0.15, 0.2) is 291 Å². The molecule has 0 aliphatic rings. The maximum atomic E-state index is 5.74. The van der Waals surface area contributed by atoms with Crippen LogP contribution in [0.5, 0.6) is 0 Å². The number of hydrogen-bond acceptors (Lipinski definition) is 3. The van der Waals surface area contributed by atoms with Gasteiger partial charge in [-0.3, -0.25) is 4.57 Å². The van der Waals surface area contributed by atoms with E-state index in [9.17, 15) is 0 Å². The lowest BCUT2D eigenvalue weighted by Crippen LogP contribution is -2.07. The highest BCUT2D eigenvalue weighted by Crippen LogP contribution is 2.44. The van der Waals surface area contributed by atoms with E-state index in [0.717, 1.165) is 109 Å². The summed E-state index contributed by atoms with van der Waals surface area (Å²) < 4.78 is 7.14. The fourth-order valence-electron chi connectivity index (χ4n) is 13.8. The van der Waals surface area contributed by atoms with Gasteiger partial charge in [-0.25, -0.2) is 4.98 Å². The first kappa shape index (κ1) is 47.2. The Hall–Kier alpha value is -11.5. The van der Waals surface area contributed by atoms with Crippen LogP contribution in [0, 0.1) is 0 Å². The molecule has 0 fully saturated rings. The second-order valence-corrected chi connectivity index (χ2v) is 22.3. The molecule has 0 radical (unpaired) electrons. The Balaban J connectivity index is 0.944. The minimum atomic E-state index is 0.533. The van der Waals surface area contributed by atoms with E-state index in [-0.39, 0.29) is 0 Å². The van der Waals surface area contributed by atoms with Gasteiger partial charge in [0.2, 0.25) is 5.95 Å². The Morgan fingerprint density at radius 2 is 0.518 bits per heavy atom. The van der Waals surface area contributed by atoms with Crippen molar-refractivity contribution in [2.24, 2.45) is 0 Å². The van der Waals surface area contributed by atoms with Crippen molar-refractivity contribution in [1.82, 2.24) is 28.7 Å². The largest absolute Gasteiger partial charge is 0.309 e. The molecule has 4 heterocycles. The van der Waals surface area contributed by atoms with Gasteiger partial charge in [0.1, 0.15) is 0 Å². The van der Waals surface area contributed by atoms with E-state index in [4.69, 9.17) is 15.0 Å². The lowest BCUT2D eigenvalue weighted by atomic mass is 9.95. The first-order chi connectivity index (χ1) is 42.1. The molecule has 0 aliphatic carbocycles. The Bertz CT molecular complexity index is 5330. The standard InChI is InChI=1S/C79H48N6/c1-3-19-49(20-4-1)51-35-39-71-65(45-51)63-31-15-17-33-69(63)83(71)57-37-41-73-67(47-57)68-48-58(84-70-34-18-16-32-64(70)66-46-52(36-40-72(66)84)50-21-5-2-6-22-50)38-42-74(68)85(73)79-81-77(75-59-27-11-7-23-53(59)43-54-24-8-12-28-60(54)75)80-78(82-79)76-61-29-13-9-25-55(61)44-56-26-10-14-30-62(56)76/h1-48H. The summed E-state index contributed by atoms with van der Waals surface area (Å²) in [6.07, 6.45) is 0. The predicted molar refractivity (Wildman–Crippen MR) is 355 cm³/mol. The molecule has 0 atom stereocenters. The van der Waals surface area contributed by atoms with Crippen molar-refractivity contribution >= 4 is 109 Å². The zero-order valence-corrected chi connectivity index (χ0v) is 45.9. The predicted octanol–water partition coefficient (Wildman–Crippen LogP) is 20.4. The third-order valence-electron chi connectivity index (χ3n) is 17.6.